The van der Waals surface area contributed by atoms with Gasteiger partial charge in [0.05, 0.1) is 0 Å². The lowest BCUT2D eigenvalue weighted by Gasteiger charge is -1.95. The van der Waals surface area contributed by atoms with Crippen molar-refractivity contribution >= 4 is 23.1 Å². The van der Waals surface area contributed by atoms with Gasteiger partial charge in [0.1, 0.15) is 0 Å². The van der Waals surface area contributed by atoms with Crippen LogP contribution in [0.4, 0.5) is 0 Å². The minimum atomic E-state index is 1.18. The van der Waals surface area contributed by atoms with Gasteiger partial charge in [0.25, 0.3) is 0 Å². The van der Waals surface area contributed by atoms with Gasteiger partial charge in [-0.2, -0.15) is 0 Å². The van der Waals surface area contributed by atoms with Gasteiger partial charge in [0, 0.05) is 11.7 Å². The summed E-state index contributed by atoms with van der Waals surface area (Å²) in [7, 11) is 0. The van der Waals surface area contributed by atoms with Crippen LogP contribution in [-0.4, -0.2) is 4.98 Å². The molecule has 3 rings (SSSR count). The molecule has 3 aromatic rings. The number of nitrogens with one attached hydrogen (secondary N) is 1. The van der Waals surface area contributed by atoms with Gasteiger partial charge in [0.2, 0.25) is 0 Å². The summed E-state index contributed by atoms with van der Waals surface area (Å²) >= 11 is 0. The Morgan fingerprint density at radius 3 is 2.47 bits per heavy atom. The highest BCUT2D eigenvalue weighted by Crippen LogP contribution is 2.16. The van der Waals surface area contributed by atoms with Gasteiger partial charge in [-0.25, -0.2) is 0 Å². The maximum atomic E-state index is 3.22. The molecule has 0 aliphatic carbocycles. The van der Waals surface area contributed by atoms with Crippen molar-refractivity contribution in [3.05, 3.63) is 71.9 Å². The number of aromatic amines is 1. The van der Waals surface area contributed by atoms with E-state index in [9.17, 15) is 0 Å². The molecule has 0 atom stereocenters. The summed E-state index contributed by atoms with van der Waals surface area (Å²) in [5.74, 6) is 0. The molecular formula is C16H13N. The van der Waals surface area contributed by atoms with Gasteiger partial charge in [-0.15, -0.1) is 0 Å². The largest absolute Gasteiger partial charge is 0.361 e. The predicted octanol–water partition coefficient (Wildman–Crippen LogP) is 4.34. The molecule has 1 heterocycles. The van der Waals surface area contributed by atoms with Crippen LogP contribution in [-0.2, 0) is 0 Å². The quantitative estimate of drug-likeness (QED) is 0.617. The van der Waals surface area contributed by atoms with E-state index >= 15 is 0 Å². The van der Waals surface area contributed by atoms with Crippen molar-refractivity contribution in [2.45, 2.75) is 0 Å². The van der Waals surface area contributed by atoms with Gasteiger partial charge < -0.3 is 4.98 Å². The van der Waals surface area contributed by atoms with Crippen molar-refractivity contribution < 1.29 is 0 Å². The minimum absolute atomic E-state index is 1.18. The van der Waals surface area contributed by atoms with Crippen LogP contribution in [0.2, 0.25) is 0 Å². The summed E-state index contributed by atoms with van der Waals surface area (Å²) in [6, 6.07) is 18.8. The van der Waals surface area contributed by atoms with Crippen molar-refractivity contribution in [2.24, 2.45) is 0 Å². The molecule has 2 aromatic carbocycles. The molecule has 1 N–H and O–H groups in total. The van der Waals surface area contributed by atoms with Gasteiger partial charge in [0.15, 0.2) is 0 Å². The highest BCUT2D eigenvalue weighted by molar-refractivity contribution is 5.83. The van der Waals surface area contributed by atoms with Crippen molar-refractivity contribution in [1.82, 2.24) is 4.98 Å². The predicted molar refractivity (Wildman–Crippen MR) is 73.7 cm³/mol. The lowest BCUT2D eigenvalue weighted by Crippen LogP contribution is -1.73. The Morgan fingerprint density at radius 1 is 0.765 bits per heavy atom. The number of H-pyrrole nitrogens is 1. The molecule has 0 aliphatic heterocycles. The smallest absolute Gasteiger partial charge is 0.0459 e. The molecule has 0 unspecified atom stereocenters. The number of aromatic nitrogens is 1. The highest BCUT2D eigenvalue weighted by atomic mass is 14.7. The molecule has 0 aliphatic rings. The van der Waals surface area contributed by atoms with E-state index in [1.165, 1.54) is 22.0 Å². The number of hydrogen-bond donors (Lipinski definition) is 1. The normalized spacial score (nSPS) is 11.3. The van der Waals surface area contributed by atoms with Crippen LogP contribution in [0, 0.1) is 0 Å². The molecule has 0 spiro atoms. The summed E-state index contributed by atoms with van der Waals surface area (Å²) < 4.78 is 0. The first-order chi connectivity index (χ1) is 8.42. The molecule has 0 fully saturated rings. The van der Waals surface area contributed by atoms with E-state index in [0.29, 0.717) is 0 Å². The zero-order chi connectivity index (χ0) is 11.5. The van der Waals surface area contributed by atoms with Crippen molar-refractivity contribution in [2.75, 3.05) is 0 Å². The van der Waals surface area contributed by atoms with Crippen LogP contribution in [0.3, 0.4) is 0 Å². The molecule has 0 bridgehead atoms. The third kappa shape index (κ3) is 2.13. The first-order valence-electron chi connectivity index (χ1n) is 5.72. The van der Waals surface area contributed by atoms with Gasteiger partial charge in [-0.05, 0) is 28.6 Å². The number of rotatable bonds is 2. The molecular weight excluding hydrogens is 206 g/mol. The Bertz CT molecular complexity index is 647. The fourth-order valence-electron chi connectivity index (χ4n) is 1.93. The van der Waals surface area contributed by atoms with E-state index < -0.39 is 0 Å². The summed E-state index contributed by atoms with van der Waals surface area (Å²) in [6.07, 6.45) is 6.23. The summed E-state index contributed by atoms with van der Waals surface area (Å²) in [6.45, 7) is 0. The van der Waals surface area contributed by atoms with Crippen LogP contribution >= 0.6 is 0 Å². The highest BCUT2D eigenvalue weighted by Gasteiger charge is 1.94. The molecule has 82 valence electrons. The Balaban J connectivity index is 1.92. The average molecular weight is 219 g/mol. The third-order valence-corrected chi connectivity index (χ3v) is 2.85. The Hall–Kier alpha value is -2.28. The second kappa shape index (κ2) is 4.30. The van der Waals surface area contributed by atoms with E-state index in [0.717, 1.165) is 0 Å². The third-order valence-electron chi connectivity index (χ3n) is 2.85. The molecule has 1 heteroatoms. The number of fused-ring (bicyclic) bond motifs is 1. The van der Waals surface area contributed by atoms with Crippen LogP contribution in [0.1, 0.15) is 11.1 Å². The van der Waals surface area contributed by atoms with Gasteiger partial charge >= 0.3 is 0 Å². The van der Waals surface area contributed by atoms with Crippen LogP contribution in [0.5, 0.6) is 0 Å². The van der Waals surface area contributed by atoms with Crippen LogP contribution < -0.4 is 0 Å². The molecule has 0 amide bonds. The Labute approximate surface area is 100 Å². The van der Waals surface area contributed by atoms with E-state index in [4.69, 9.17) is 0 Å². The summed E-state index contributed by atoms with van der Waals surface area (Å²) in [5.41, 5.74) is 3.61. The topological polar surface area (TPSA) is 15.8 Å². The van der Waals surface area contributed by atoms with E-state index in [2.05, 4.69) is 53.5 Å². The van der Waals surface area contributed by atoms with Crippen LogP contribution in [0.15, 0.2) is 60.8 Å². The zero-order valence-corrected chi connectivity index (χ0v) is 9.43. The van der Waals surface area contributed by atoms with Crippen molar-refractivity contribution in [1.29, 1.82) is 0 Å². The van der Waals surface area contributed by atoms with Gasteiger partial charge in [-0.3, -0.25) is 0 Å². The second-order valence-corrected chi connectivity index (χ2v) is 4.07. The van der Waals surface area contributed by atoms with E-state index in [1.807, 2.05) is 24.4 Å². The molecule has 17 heavy (non-hydrogen) atoms. The number of hydrogen-bond acceptors (Lipinski definition) is 0. The standard InChI is InChI=1S/C16H13N/c1-2-4-13(5-3-1)6-7-14-8-9-15-10-11-17-16(15)12-14/h1-12,17H/b7-6+. The molecule has 0 radical (unpaired) electrons. The van der Waals surface area contributed by atoms with Crippen molar-refractivity contribution in [3.63, 3.8) is 0 Å². The first kappa shape index (κ1) is 9.91. The monoisotopic (exact) mass is 219 g/mol. The minimum Gasteiger partial charge on any atom is -0.361 e. The average Bonchev–Trinajstić information content (AvgIpc) is 2.85. The Morgan fingerprint density at radius 2 is 1.59 bits per heavy atom. The van der Waals surface area contributed by atoms with E-state index in [1.54, 1.807) is 0 Å². The fraction of sp³-hybridized carbons (Fsp3) is 0. The molecule has 0 saturated heterocycles. The Kier molecular flexibility index (Phi) is 2.51. The second-order valence-electron chi connectivity index (χ2n) is 4.07. The summed E-state index contributed by atoms with van der Waals surface area (Å²) in [5, 5.41) is 1.25. The molecule has 0 saturated carbocycles. The van der Waals surface area contributed by atoms with Crippen molar-refractivity contribution in [3.8, 4) is 0 Å². The fourth-order valence-corrected chi connectivity index (χ4v) is 1.93. The van der Waals surface area contributed by atoms with Gasteiger partial charge in [-0.1, -0.05) is 54.6 Å². The maximum Gasteiger partial charge on any atom is 0.0459 e. The van der Waals surface area contributed by atoms with E-state index in [-0.39, 0.29) is 0 Å². The number of benzene rings is 2. The molecule has 1 aromatic heterocycles. The lowest BCUT2D eigenvalue weighted by atomic mass is 10.1. The SMILES string of the molecule is C(=C\c1ccc2cc[nH]c2c1)/c1ccccc1. The molecule has 1 nitrogen and oxygen atoms in total. The van der Waals surface area contributed by atoms with Crippen LogP contribution in [0.25, 0.3) is 23.1 Å². The summed E-state index contributed by atoms with van der Waals surface area (Å²) in [4.78, 5) is 3.22. The maximum absolute atomic E-state index is 3.22. The zero-order valence-electron chi connectivity index (χ0n) is 9.43. The first-order valence-corrected chi connectivity index (χ1v) is 5.72. The lowest BCUT2D eigenvalue weighted by molar-refractivity contribution is 1.47.